The molecule has 0 saturated heterocycles. The number of aromatic amines is 1. The van der Waals surface area contributed by atoms with Crippen LogP contribution in [0.3, 0.4) is 0 Å². The number of nitrogens with zero attached hydrogens (tertiary/aromatic N) is 2. The van der Waals surface area contributed by atoms with Crippen molar-refractivity contribution in [2.75, 3.05) is 0 Å². The maximum Gasteiger partial charge on any atom is 0.269 e. The van der Waals surface area contributed by atoms with Crippen LogP contribution in [0, 0.1) is 10.1 Å². The van der Waals surface area contributed by atoms with Crippen LogP contribution < -0.4 is 5.32 Å². The summed E-state index contributed by atoms with van der Waals surface area (Å²) in [4.78, 5) is 30.3. The lowest BCUT2D eigenvalue weighted by Gasteiger charge is -2.24. The average molecular weight is 324 g/mol. The number of nitrogens with one attached hydrogen (secondary N) is 2. The highest BCUT2D eigenvalue weighted by Gasteiger charge is 2.27. The SMILES string of the molecule is CC(C)(NC(=O)c1ccc([N+](=O)[O-])cc1)c1nc2ccccc2[nH]1. The third-order valence-corrected chi connectivity index (χ3v) is 3.75. The molecular weight excluding hydrogens is 308 g/mol. The summed E-state index contributed by atoms with van der Waals surface area (Å²) < 4.78 is 0. The molecule has 0 aliphatic carbocycles. The third kappa shape index (κ3) is 2.96. The zero-order valence-corrected chi connectivity index (χ0v) is 13.2. The van der Waals surface area contributed by atoms with Crippen LogP contribution in [0.2, 0.25) is 0 Å². The van der Waals surface area contributed by atoms with Gasteiger partial charge in [0.05, 0.1) is 21.5 Å². The van der Waals surface area contributed by atoms with Crippen molar-refractivity contribution >= 4 is 22.6 Å². The van der Waals surface area contributed by atoms with Gasteiger partial charge in [-0.05, 0) is 38.1 Å². The van der Waals surface area contributed by atoms with Crippen molar-refractivity contribution in [1.29, 1.82) is 0 Å². The van der Waals surface area contributed by atoms with E-state index in [0.717, 1.165) is 11.0 Å². The number of rotatable bonds is 4. The Kier molecular flexibility index (Phi) is 3.76. The molecule has 2 aromatic carbocycles. The summed E-state index contributed by atoms with van der Waals surface area (Å²) in [7, 11) is 0. The van der Waals surface area contributed by atoms with Gasteiger partial charge in [-0.2, -0.15) is 0 Å². The second-order valence-electron chi connectivity index (χ2n) is 5.99. The van der Waals surface area contributed by atoms with Crippen LogP contribution in [0.15, 0.2) is 48.5 Å². The lowest BCUT2D eigenvalue weighted by Crippen LogP contribution is -2.41. The number of fused-ring (bicyclic) bond motifs is 1. The van der Waals surface area contributed by atoms with Crippen LogP contribution in [-0.4, -0.2) is 20.8 Å². The fourth-order valence-corrected chi connectivity index (χ4v) is 2.40. The molecule has 0 aliphatic heterocycles. The van der Waals surface area contributed by atoms with E-state index in [1.165, 1.54) is 24.3 Å². The zero-order chi connectivity index (χ0) is 17.3. The molecule has 1 amide bonds. The number of amides is 1. The van der Waals surface area contributed by atoms with Crippen LogP contribution in [0.25, 0.3) is 11.0 Å². The van der Waals surface area contributed by atoms with E-state index in [1.54, 1.807) is 0 Å². The van der Waals surface area contributed by atoms with E-state index >= 15 is 0 Å². The van der Waals surface area contributed by atoms with E-state index in [9.17, 15) is 14.9 Å². The minimum Gasteiger partial charge on any atom is -0.340 e. The van der Waals surface area contributed by atoms with E-state index in [-0.39, 0.29) is 11.6 Å². The first-order valence-corrected chi connectivity index (χ1v) is 7.39. The molecule has 24 heavy (non-hydrogen) atoms. The number of para-hydroxylation sites is 2. The Labute approximate surface area is 137 Å². The first-order chi connectivity index (χ1) is 11.4. The van der Waals surface area contributed by atoms with Crippen molar-refractivity contribution in [2.24, 2.45) is 0 Å². The third-order valence-electron chi connectivity index (χ3n) is 3.75. The van der Waals surface area contributed by atoms with Gasteiger partial charge in [-0.1, -0.05) is 12.1 Å². The fourth-order valence-electron chi connectivity index (χ4n) is 2.40. The highest BCUT2D eigenvalue weighted by Crippen LogP contribution is 2.21. The first-order valence-electron chi connectivity index (χ1n) is 7.39. The molecule has 7 heteroatoms. The summed E-state index contributed by atoms with van der Waals surface area (Å²) in [6.07, 6.45) is 0. The fraction of sp³-hybridized carbons (Fsp3) is 0.176. The summed E-state index contributed by atoms with van der Waals surface area (Å²) in [6, 6.07) is 13.1. The maximum absolute atomic E-state index is 12.4. The van der Waals surface area contributed by atoms with E-state index in [1.807, 2.05) is 38.1 Å². The standard InChI is InChI=1S/C17H16N4O3/c1-17(2,16-18-13-5-3-4-6-14(13)19-16)20-15(22)11-7-9-12(10-8-11)21(23)24/h3-10H,1-2H3,(H,18,19)(H,20,22). The molecule has 0 aliphatic rings. The summed E-state index contributed by atoms with van der Waals surface area (Å²) in [5, 5.41) is 13.6. The number of non-ortho nitro benzene ring substituents is 1. The van der Waals surface area contributed by atoms with E-state index in [2.05, 4.69) is 15.3 Å². The van der Waals surface area contributed by atoms with Crippen molar-refractivity contribution in [2.45, 2.75) is 19.4 Å². The molecule has 0 bridgehead atoms. The highest BCUT2D eigenvalue weighted by atomic mass is 16.6. The van der Waals surface area contributed by atoms with Crippen molar-refractivity contribution in [3.63, 3.8) is 0 Å². The van der Waals surface area contributed by atoms with Crippen LogP contribution in [-0.2, 0) is 5.54 Å². The van der Waals surface area contributed by atoms with Gasteiger partial charge in [0, 0.05) is 17.7 Å². The number of benzene rings is 2. The number of aromatic nitrogens is 2. The second kappa shape index (κ2) is 5.77. The summed E-state index contributed by atoms with van der Waals surface area (Å²) in [5.74, 6) is 0.314. The van der Waals surface area contributed by atoms with Gasteiger partial charge in [0.25, 0.3) is 11.6 Å². The predicted molar refractivity (Wildman–Crippen MR) is 89.7 cm³/mol. The second-order valence-corrected chi connectivity index (χ2v) is 5.99. The Morgan fingerprint density at radius 1 is 1.17 bits per heavy atom. The molecule has 1 aromatic heterocycles. The topological polar surface area (TPSA) is 101 Å². The smallest absolute Gasteiger partial charge is 0.269 e. The summed E-state index contributed by atoms with van der Waals surface area (Å²) >= 11 is 0. The zero-order valence-electron chi connectivity index (χ0n) is 13.2. The van der Waals surface area contributed by atoms with Crippen molar-refractivity contribution in [1.82, 2.24) is 15.3 Å². The van der Waals surface area contributed by atoms with Gasteiger partial charge >= 0.3 is 0 Å². The van der Waals surface area contributed by atoms with Gasteiger partial charge in [0.15, 0.2) is 0 Å². The van der Waals surface area contributed by atoms with Crippen molar-refractivity contribution in [3.05, 3.63) is 70.0 Å². The van der Waals surface area contributed by atoms with Gasteiger partial charge < -0.3 is 10.3 Å². The molecule has 3 rings (SSSR count). The Morgan fingerprint density at radius 3 is 2.46 bits per heavy atom. The predicted octanol–water partition coefficient (Wildman–Crippen LogP) is 3.14. The maximum atomic E-state index is 12.4. The van der Waals surface area contributed by atoms with Crippen molar-refractivity contribution in [3.8, 4) is 0 Å². The van der Waals surface area contributed by atoms with Crippen LogP contribution in [0.5, 0.6) is 0 Å². The van der Waals surface area contributed by atoms with Crippen LogP contribution in [0.4, 0.5) is 5.69 Å². The van der Waals surface area contributed by atoms with Crippen LogP contribution in [0.1, 0.15) is 30.0 Å². The minimum absolute atomic E-state index is 0.0527. The molecule has 122 valence electrons. The largest absolute Gasteiger partial charge is 0.340 e. The van der Waals surface area contributed by atoms with Gasteiger partial charge in [0.1, 0.15) is 5.82 Å². The molecule has 3 aromatic rings. The Hall–Kier alpha value is -3.22. The Balaban J connectivity index is 1.82. The Bertz CT molecular complexity index is 880. The van der Waals surface area contributed by atoms with E-state index < -0.39 is 10.5 Å². The number of imidazole rings is 1. The first kappa shape index (κ1) is 15.7. The number of hydrogen-bond acceptors (Lipinski definition) is 4. The summed E-state index contributed by atoms with van der Waals surface area (Å²) in [5.41, 5.74) is 1.29. The number of nitro benzene ring substituents is 1. The van der Waals surface area contributed by atoms with Gasteiger partial charge in [-0.3, -0.25) is 14.9 Å². The molecule has 1 heterocycles. The average Bonchev–Trinajstić information content (AvgIpc) is 2.99. The molecule has 0 saturated carbocycles. The number of carbonyl (C=O) groups is 1. The number of H-pyrrole nitrogens is 1. The van der Waals surface area contributed by atoms with Crippen LogP contribution >= 0.6 is 0 Å². The highest BCUT2D eigenvalue weighted by molar-refractivity contribution is 5.95. The normalized spacial score (nSPS) is 11.4. The quantitative estimate of drug-likeness (QED) is 0.568. The van der Waals surface area contributed by atoms with Gasteiger partial charge in [-0.25, -0.2) is 4.98 Å². The molecule has 0 fully saturated rings. The lowest BCUT2D eigenvalue weighted by molar-refractivity contribution is -0.384. The lowest BCUT2D eigenvalue weighted by atomic mass is 10.0. The number of nitro groups is 1. The molecule has 0 radical (unpaired) electrons. The minimum atomic E-state index is -0.724. The molecule has 0 atom stereocenters. The van der Waals surface area contributed by atoms with Crippen molar-refractivity contribution < 1.29 is 9.72 Å². The molecule has 7 nitrogen and oxygen atoms in total. The molecule has 0 unspecified atom stereocenters. The van der Waals surface area contributed by atoms with Gasteiger partial charge in [-0.15, -0.1) is 0 Å². The van der Waals surface area contributed by atoms with Gasteiger partial charge in [0.2, 0.25) is 0 Å². The Morgan fingerprint density at radius 2 is 1.83 bits per heavy atom. The molecular formula is C17H16N4O3. The van der Waals surface area contributed by atoms with E-state index in [0.29, 0.717) is 11.4 Å². The monoisotopic (exact) mass is 324 g/mol. The molecule has 2 N–H and O–H groups in total. The summed E-state index contributed by atoms with van der Waals surface area (Å²) in [6.45, 7) is 3.68. The number of hydrogen-bond donors (Lipinski definition) is 2. The van der Waals surface area contributed by atoms with E-state index in [4.69, 9.17) is 0 Å². The molecule has 0 spiro atoms. The number of carbonyl (C=O) groups excluding carboxylic acids is 1.